The lowest BCUT2D eigenvalue weighted by Crippen LogP contribution is -2.34. The Kier molecular flexibility index (Phi) is 4.64. The van der Waals surface area contributed by atoms with E-state index in [2.05, 4.69) is 9.97 Å². The van der Waals surface area contributed by atoms with Crippen LogP contribution in [0.4, 0.5) is 4.39 Å². The maximum atomic E-state index is 14.5. The Morgan fingerprint density at radius 1 is 1.25 bits per heavy atom. The van der Waals surface area contributed by atoms with Crippen LogP contribution in [0.5, 0.6) is 0 Å². The Hall–Kier alpha value is -3.13. The lowest BCUT2D eigenvalue weighted by Gasteiger charge is -2.18. The van der Waals surface area contributed by atoms with Gasteiger partial charge in [-0.25, -0.2) is 9.37 Å². The minimum Gasteiger partial charge on any atom is -0.549 e. The Labute approximate surface area is 163 Å². The second-order valence-electron chi connectivity index (χ2n) is 6.21. The number of aliphatic carboxylic acids is 1. The maximum absolute atomic E-state index is 14.5. The highest BCUT2D eigenvalue weighted by atomic mass is 32.2. The number of aromatic nitrogens is 3. The van der Waals surface area contributed by atoms with Crippen molar-refractivity contribution in [1.82, 2.24) is 14.5 Å². The van der Waals surface area contributed by atoms with E-state index in [1.165, 1.54) is 18.2 Å². The predicted molar refractivity (Wildman–Crippen MR) is 104 cm³/mol. The fourth-order valence-corrected chi connectivity index (χ4v) is 4.04. The molecule has 142 valence electrons. The number of thioether (sulfide) groups is 1. The molecule has 4 aromatic rings. The summed E-state index contributed by atoms with van der Waals surface area (Å²) in [6, 6.07) is 13.1. The van der Waals surface area contributed by atoms with Gasteiger partial charge in [-0.2, -0.15) is 0 Å². The van der Waals surface area contributed by atoms with E-state index in [4.69, 9.17) is 0 Å². The second kappa shape index (κ2) is 7.12. The largest absolute Gasteiger partial charge is 0.549 e. The number of hydrogen-bond acceptors (Lipinski definition) is 5. The van der Waals surface area contributed by atoms with Crippen molar-refractivity contribution in [3.05, 3.63) is 64.7 Å². The maximum Gasteiger partial charge on any atom is 0.283 e. The van der Waals surface area contributed by atoms with Crippen molar-refractivity contribution in [2.24, 2.45) is 0 Å². The molecule has 0 aliphatic carbocycles. The number of halogens is 1. The molecule has 1 atom stereocenters. The summed E-state index contributed by atoms with van der Waals surface area (Å²) in [5.41, 5.74) is 0.883. The molecule has 2 aromatic heterocycles. The summed E-state index contributed by atoms with van der Waals surface area (Å²) in [5, 5.41) is 11.3. The predicted octanol–water partition coefficient (Wildman–Crippen LogP) is 2.63. The van der Waals surface area contributed by atoms with Crippen LogP contribution in [0, 0.1) is 5.82 Å². The molecule has 1 N–H and O–H groups in total. The number of nitrogens with zero attached hydrogens (tertiary/aromatic N) is 2. The summed E-state index contributed by atoms with van der Waals surface area (Å²) >= 11 is 0.877. The number of para-hydroxylation sites is 2. The van der Waals surface area contributed by atoms with Gasteiger partial charge in [0.25, 0.3) is 5.56 Å². The van der Waals surface area contributed by atoms with Gasteiger partial charge in [0.05, 0.1) is 16.9 Å². The molecular weight excluding hydrogens is 381 g/mol. The number of carboxylic acid groups (broad SMARTS) is 1. The van der Waals surface area contributed by atoms with Gasteiger partial charge in [0, 0.05) is 10.9 Å². The van der Waals surface area contributed by atoms with Gasteiger partial charge in [-0.1, -0.05) is 49.0 Å². The molecule has 0 aliphatic heterocycles. The van der Waals surface area contributed by atoms with Crippen molar-refractivity contribution in [2.45, 2.75) is 23.8 Å². The average molecular weight is 396 g/mol. The zero-order chi connectivity index (χ0) is 19.8. The fourth-order valence-electron chi connectivity index (χ4n) is 3.09. The van der Waals surface area contributed by atoms with Gasteiger partial charge in [-0.3, -0.25) is 9.36 Å². The van der Waals surface area contributed by atoms with Crippen molar-refractivity contribution < 1.29 is 14.3 Å². The van der Waals surface area contributed by atoms with Crippen LogP contribution >= 0.6 is 11.8 Å². The van der Waals surface area contributed by atoms with Crippen LogP contribution < -0.4 is 10.7 Å². The minimum atomic E-state index is -1.26. The average Bonchev–Trinajstić information content (AvgIpc) is 3.06. The van der Waals surface area contributed by atoms with E-state index in [0.717, 1.165) is 27.2 Å². The minimum absolute atomic E-state index is 0.0104. The topological polar surface area (TPSA) is 90.8 Å². The number of fused-ring (bicyclic) bond motifs is 3. The Morgan fingerprint density at radius 2 is 1.96 bits per heavy atom. The lowest BCUT2D eigenvalue weighted by atomic mass is 10.2. The molecular formula is C20H15FN3O3S-. The molecule has 0 amide bonds. The Morgan fingerprint density at radius 3 is 2.68 bits per heavy atom. The van der Waals surface area contributed by atoms with E-state index in [1.807, 2.05) is 24.3 Å². The summed E-state index contributed by atoms with van der Waals surface area (Å²) in [7, 11) is 0. The molecule has 28 heavy (non-hydrogen) atoms. The summed E-state index contributed by atoms with van der Waals surface area (Å²) in [5.74, 6) is -1.87. The lowest BCUT2D eigenvalue weighted by molar-refractivity contribution is -0.304. The van der Waals surface area contributed by atoms with Crippen LogP contribution in [-0.4, -0.2) is 25.8 Å². The number of hydrogen-bond donors (Lipinski definition) is 1. The molecule has 0 spiro atoms. The van der Waals surface area contributed by atoms with Crippen LogP contribution in [0.3, 0.4) is 0 Å². The second-order valence-corrected chi connectivity index (χ2v) is 7.38. The molecule has 2 heterocycles. The SMILES string of the molecule is CC[C@@H](Sc1nc2c([nH]c3ccccc32)c(=O)n1-c1ccccc1F)C(=O)[O-]. The summed E-state index contributed by atoms with van der Waals surface area (Å²) in [4.78, 5) is 32.3. The molecule has 0 radical (unpaired) electrons. The number of carbonyl (C=O) groups is 1. The fraction of sp³-hybridized carbons (Fsp3) is 0.150. The van der Waals surface area contributed by atoms with Gasteiger partial charge in [0.1, 0.15) is 16.9 Å². The highest BCUT2D eigenvalue weighted by molar-refractivity contribution is 8.00. The normalized spacial score (nSPS) is 12.5. The van der Waals surface area contributed by atoms with E-state index < -0.39 is 22.6 Å². The third kappa shape index (κ3) is 2.95. The molecule has 0 saturated heterocycles. The number of H-pyrrole nitrogens is 1. The van der Waals surface area contributed by atoms with Crippen molar-refractivity contribution in [3.8, 4) is 5.69 Å². The van der Waals surface area contributed by atoms with Crippen LogP contribution in [0.15, 0.2) is 58.5 Å². The molecule has 6 nitrogen and oxygen atoms in total. The van der Waals surface area contributed by atoms with E-state index >= 15 is 0 Å². The van der Waals surface area contributed by atoms with E-state index in [9.17, 15) is 19.1 Å². The van der Waals surface area contributed by atoms with Gasteiger partial charge in [-0.15, -0.1) is 0 Å². The van der Waals surface area contributed by atoms with E-state index in [0.29, 0.717) is 5.52 Å². The zero-order valence-corrected chi connectivity index (χ0v) is 15.6. The summed E-state index contributed by atoms with van der Waals surface area (Å²) in [6.07, 6.45) is 0.270. The molecule has 0 saturated carbocycles. The van der Waals surface area contributed by atoms with Crippen molar-refractivity contribution in [3.63, 3.8) is 0 Å². The quantitative estimate of drug-likeness (QED) is 0.414. The van der Waals surface area contributed by atoms with Crippen molar-refractivity contribution in [1.29, 1.82) is 0 Å². The smallest absolute Gasteiger partial charge is 0.283 e. The Bertz CT molecular complexity index is 1260. The van der Waals surface area contributed by atoms with Crippen LogP contribution in [-0.2, 0) is 4.79 Å². The highest BCUT2D eigenvalue weighted by Gasteiger charge is 2.21. The summed E-state index contributed by atoms with van der Waals surface area (Å²) in [6.45, 7) is 1.70. The van der Waals surface area contributed by atoms with Crippen LogP contribution in [0.1, 0.15) is 13.3 Å². The molecule has 2 aromatic carbocycles. The number of aromatic amines is 1. The number of carbonyl (C=O) groups excluding carboxylic acids is 1. The first-order valence-electron chi connectivity index (χ1n) is 8.67. The number of nitrogens with one attached hydrogen (secondary N) is 1. The van der Waals surface area contributed by atoms with Crippen molar-refractivity contribution >= 4 is 39.7 Å². The highest BCUT2D eigenvalue weighted by Crippen LogP contribution is 2.29. The molecule has 0 unspecified atom stereocenters. The van der Waals surface area contributed by atoms with Gasteiger partial charge in [0.15, 0.2) is 5.16 Å². The third-order valence-corrected chi connectivity index (χ3v) is 5.76. The van der Waals surface area contributed by atoms with E-state index in [1.54, 1.807) is 13.0 Å². The zero-order valence-electron chi connectivity index (χ0n) is 14.8. The number of carboxylic acids is 1. The Balaban J connectivity index is 2.07. The standard InChI is InChI=1S/C20H16FN3O3S/c1-2-15(19(26)27)28-20-23-16-11-7-3-5-9-13(11)22-17(16)18(25)24(20)14-10-6-4-8-12(14)21/h3-10,15,22H,2H2,1H3,(H,26,27)/p-1/t15-/m1/s1. The molecule has 0 bridgehead atoms. The van der Waals surface area contributed by atoms with Gasteiger partial charge in [0.2, 0.25) is 0 Å². The van der Waals surface area contributed by atoms with Crippen molar-refractivity contribution in [2.75, 3.05) is 0 Å². The van der Waals surface area contributed by atoms with Gasteiger partial charge < -0.3 is 14.9 Å². The molecule has 0 fully saturated rings. The third-order valence-electron chi connectivity index (χ3n) is 4.47. The number of benzene rings is 2. The van der Waals surface area contributed by atoms with Gasteiger partial charge >= 0.3 is 0 Å². The first-order valence-corrected chi connectivity index (χ1v) is 9.55. The van der Waals surface area contributed by atoms with Crippen LogP contribution in [0.25, 0.3) is 27.6 Å². The number of rotatable bonds is 5. The molecule has 8 heteroatoms. The molecule has 0 aliphatic rings. The monoisotopic (exact) mass is 396 g/mol. The van der Waals surface area contributed by atoms with Gasteiger partial charge in [-0.05, 0) is 24.6 Å². The molecule has 4 rings (SSSR count). The summed E-state index contributed by atoms with van der Waals surface area (Å²) < 4.78 is 15.6. The first-order chi connectivity index (χ1) is 13.5. The first kappa shape index (κ1) is 18.2. The van der Waals surface area contributed by atoms with Crippen LogP contribution in [0.2, 0.25) is 0 Å². The van der Waals surface area contributed by atoms with E-state index in [-0.39, 0.29) is 22.8 Å².